The summed E-state index contributed by atoms with van der Waals surface area (Å²) in [5, 5.41) is 4.42. The Balaban J connectivity index is 1.84. The van der Waals surface area contributed by atoms with Crippen LogP contribution in [0.3, 0.4) is 0 Å². The molecule has 20 heavy (non-hydrogen) atoms. The third-order valence-corrected chi connectivity index (χ3v) is 4.07. The number of aryl methyl sites for hydroxylation is 2. The van der Waals surface area contributed by atoms with Gasteiger partial charge in [-0.25, -0.2) is 0 Å². The number of rotatable bonds is 3. The Bertz CT molecular complexity index is 627. The Kier molecular flexibility index (Phi) is 3.26. The van der Waals surface area contributed by atoms with Crippen molar-refractivity contribution in [2.45, 2.75) is 32.9 Å². The molecular weight excluding hydrogens is 248 g/mol. The molecular formula is C16H22N4. The SMILES string of the molecule is Cc1cc(CN2CCc3cc(C(C)N)ccc32)n(C)n1. The zero-order valence-corrected chi connectivity index (χ0v) is 12.4. The van der Waals surface area contributed by atoms with Crippen LogP contribution in [0.4, 0.5) is 5.69 Å². The summed E-state index contributed by atoms with van der Waals surface area (Å²) in [5.74, 6) is 0. The standard InChI is InChI=1S/C16H22N4/c1-11-8-15(19(3)18-11)10-20-7-6-14-9-13(12(2)17)4-5-16(14)20/h4-5,8-9,12H,6-7,10,17H2,1-3H3. The van der Waals surface area contributed by atoms with Crippen LogP contribution in [0.25, 0.3) is 0 Å². The van der Waals surface area contributed by atoms with E-state index in [1.807, 2.05) is 25.6 Å². The van der Waals surface area contributed by atoms with E-state index in [-0.39, 0.29) is 6.04 Å². The van der Waals surface area contributed by atoms with Gasteiger partial charge in [0.1, 0.15) is 0 Å². The quantitative estimate of drug-likeness (QED) is 0.931. The number of hydrogen-bond acceptors (Lipinski definition) is 3. The van der Waals surface area contributed by atoms with E-state index in [4.69, 9.17) is 5.73 Å². The maximum Gasteiger partial charge on any atom is 0.0599 e. The normalized spacial score (nSPS) is 15.5. The third-order valence-electron chi connectivity index (χ3n) is 4.07. The zero-order valence-electron chi connectivity index (χ0n) is 12.4. The molecule has 0 spiro atoms. The molecule has 1 aliphatic heterocycles. The van der Waals surface area contributed by atoms with Crippen molar-refractivity contribution in [1.29, 1.82) is 0 Å². The monoisotopic (exact) mass is 270 g/mol. The highest BCUT2D eigenvalue weighted by molar-refractivity contribution is 5.59. The van der Waals surface area contributed by atoms with Crippen LogP contribution in [0, 0.1) is 6.92 Å². The van der Waals surface area contributed by atoms with E-state index in [2.05, 4.69) is 34.3 Å². The first-order chi connectivity index (χ1) is 9.54. The minimum atomic E-state index is 0.106. The molecule has 0 saturated carbocycles. The third kappa shape index (κ3) is 2.31. The Morgan fingerprint density at radius 2 is 2.15 bits per heavy atom. The van der Waals surface area contributed by atoms with Crippen LogP contribution >= 0.6 is 0 Å². The molecule has 1 aromatic carbocycles. The van der Waals surface area contributed by atoms with Crippen LogP contribution in [0.5, 0.6) is 0 Å². The molecule has 1 atom stereocenters. The fraction of sp³-hybridized carbons (Fsp3) is 0.438. The Morgan fingerprint density at radius 3 is 2.80 bits per heavy atom. The van der Waals surface area contributed by atoms with E-state index >= 15 is 0 Å². The highest BCUT2D eigenvalue weighted by Crippen LogP contribution is 2.31. The van der Waals surface area contributed by atoms with Gasteiger partial charge in [-0.15, -0.1) is 0 Å². The summed E-state index contributed by atoms with van der Waals surface area (Å²) in [6.45, 7) is 6.06. The smallest absolute Gasteiger partial charge is 0.0599 e. The van der Waals surface area contributed by atoms with Crippen molar-refractivity contribution >= 4 is 5.69 Å². The summed E-state index contributed by atoms with van der Waals surface area (Å²) in [5.41, 5.74) is 12.3. The van der Waals surface area contributed by atoms with Gasteiger partial charge in [0, 0.05) is 25.3 Å². The van der Waals surface area contributed by atoms with Crippen molar-refractivity contribution in [3.63, 3.8) is 0 Å². The Morgan fingerprint density at radius 1 is 1.35 bits per heavy atom. The van der Waals surface area contributed by atoms with Crippen LogP contribution in [0.1, 0.15) is 35.5 Å². The topological polar surface area (TPSA) is 47.1 Å². The van der Waals surface area contributed by atoms with Crippen molar-refractivity contribution < 1.29 is 0 Å². The predicted molar refractivity (Wildman–Crippen MR) is 81.7 cm³/mol. The van der Waals surface area contributed by atoms with Crippen LogP contribution in [0.2, 0.25) is 0 Å². The highest BCUT2D eigenvalue weighted by atomic mass is 15.3. The molecule has 1 aromatic heterocycles. The van der Waals surface area contributed by atoms with Crippen molar-refractivity contribution in [2.24, 2.45) is 12.8 Å². The van der Waals surface area contributed by atoms with Gasteiger partial charge in [0.25, 0.3) is 0 Å². The summed E-state index contributed by atoms with van der Waals surface area (Å²) >= 11 is 0. The van der Waals surface area contributed by atoms with E-state index in [9.17, 15) is 0 Å². The summed E-state index contributed by atoms with van der Waals surface area (Å²) < 4.78 is 1.98. The minimum Gasteiger partial charge on any atom is -0.365 e. The second-order valence-corrected chi connectivity index (χ2v) is 5.75. The Labute approximate surface area is 120 Å². The van der Waals surface area contributed by atoms with Crippen molar-refractivity contribution in [3.05, 3.63) is 46.8 Å². The van der Waals surface area contributed by atoms with Gasteiger partial charge in [-0.2, -0.15) is 5.10 Å². The molecule has 1 aliphatic rings. The summed E-state index contributed by atoms with van der Waals surface area (Å²) in [6, 6.07) is 8.89. The van der Waals surface area contributed by atoms with Crippen LogP contribution < -0.4 is 10.6 Å². The first-order valence-corrected chi connectivity index (χ1v) is 7.17. The molecule has 2 aromatic rings. The number of nitrogens with two attached hydrogens (primary N) is 1. The number of benzene rings is 1. The maximum atomic E-state index is 5.96. The second-order valence-electron chi connectivity index (χ2n) is 5.75. The lowest BCUT2D eigenvalue weighted by atomic mass is 10.0. The summed E-state index contributed by atoms with van der Waals surface area (Å²) in [6.07, 6.45) is 1.10. The van der Waals surface area contributed by atoms with Crippen LogP contribution in [-0.4, -0.2) is 16.3 Å². The first kappa shape index (κ1) is 13.2. The van der Waals surface area contributed by atoms with Gasteiger partial charge in [0.05, 0.1) is 17.9 Å². The van der Waals surface area contributed by atoms with E-state index in [0.29, 0.717) is 0 Å². The molecule has 0 radical (unpaired) electrons. The fourth-order valence-corrected chi connectivity index (χ4v) is 2.95. The summed E-state index contributed by atoms with van der Waals surface area (Å²) in [7, 11) is 2.01. The van der Waals surface area contributed by atoms with Gasteiger partial charge < -0.3 is 10.6 Å². The molecule has 3 rings (SSSR count). The molecule has 2 heterocycles. The molecule has 0 aliphatic carbocycles. The predicted octanol–water partition coefficient (Wildman–Crippen LogP) is 2.31. The number of anilines is 1. The van der Waals surface area contributed by atoms with Gasteiger partial charge in [0.2, 0.25) is 0 Å². The molecule has 106 valence electrons. The molecule has 0 bridgehead atoms. The molecule has 0 saturated heterocycles. The lowest BCUT2D eigenvalue weighted by Gasteiger charge is -2.20. The Hall–Kier alpha value is -1.81. The maximum absolute atomic E-state index is 5.96. The second kappa shape index (κ2) is 4.94. The average Bonchev–Trinajstić information content (AvgIpc) is 2.93. The van der Waals surface area contributed by atoms with E-state index in [1.165, 1.54) is 22.5 Å². The largest absolute Gasteiger partial charge is 0.365 e. The van der Waals surface area contributed by atoms with Crippen molar-refractivity contribution in [3.8, 4) is 0 Å². The van der Waals surface area contributed by atoms with E-state index in [0.717, 1.165) is 25.2 Å². The van der Waals surface area contributed by atoms with Crippen LogP contribution in [0.15, 0.2) is 24.3 Å². The van der Waals surface area contributed by atoms with Crippen molar-refractivity contribution in [2.75, 3.05) is 11.4 Å². The number of aromatic nitrogens is 2. The van der Waals surface area contributed by atoms with Crippen LogP contribution in [-0.2, 0) is 20.0 Å². The first-order valence-electron chi connectivity index (χ1n) is 7.17. The molecule has 1 unspecified atom stereocenters. The molecule has 4 heteroatoms. The van der Waals surface area contributed by atoms with Gasteiger partial charge >= 0.3 is 0 Å². The molecule has 4 nitrogen and oxygen atoms in total. The number of nitrogens with zero attached hydrogens (tertiary/aromatic N) is 3. The molecule has 0 fully saturated rings. The van der Waals surface area contributed by atoms with Gasteiger partial charge in [0.15, 0.2) is 0 Å². The average molecular weight is 270 g/mol. The molecule has 2 N–H and O–H groups in total. The lowest BCUT2D eigenvalue weighted by molar-refractivity contribution is 0.684. The fourth-order valence-electron chi connectivity index (χ4n) is 2.95. The highest BCUT2D eigenvalue weighted by Gasteiger charge is 2.21. The van der Waals surface area contributed by atoms with Gasteiger partial charge in [-0.1, -0.05) is 12.1 Å². The van der Waals surface area contributed by atoms with Crippen molar-refractivity contribution in [1.82, 2.24) is 9.78 Å². The minimum absolute atomic E-state index is 0.106. The zero-order chi connectivity index (χ0) is 14.3. The lowest BCUT2D eigenvalue weighted by Crippen LogP contribution is -2.21. The summed E-state index contributed by atoms with van der Waals surface area (Å²) in [4.78, 5) is 2.43. The van der Waals surface area contributed by atoms with Gasteiger partial charge in [-0.05, 0) is 43.5 Å². The molecule has 0 amide bonds. The number of fused-ring (bicyclic) bond motifs is 1. The number of hydrogen-bond donors (Lipinski definition) is 1. The van der Waals surface area contributed by atoms with Gasteiger partial charge in [-0.3, -0.25) is 4.68 Å². The van der Waals surface area contributed by atoms with E-state index < -0.39 is 0 Å². The van der Waals surface area contributed by atoms with E-state index in [1.54, 1.807) is 0 Å².